The van der Waals surface area contributed by atoms with Gasteiger partial charge in [0.15, 0.2) is 0 Å². The van der Waals surface area contributed by atoms with Crippen LogP contribution in [0.1, 0.15) is 85.6 Å². The van der Waals surface area contributed by atoms with Crippen LogP contribution in [-0.4, -0.2) is 18.7 Å². The first-order valence-electron chi connectivity index (χ1n) is 12.6. The van der Waals surface area contributed by atoms with E-state index in [4.69, 9.17) is 9.47 Å². The Labute approximate surface area is 195 Å². The van der Waals surface area contributed by atoms with Gasteiger partial charge in [-0.05, 0) is 84.7 Å². The molecule has 2 saturated carbocycles. The molecule has 0 N–H and O–H groups in total. The largest absolute Gasteiger partial charge is 0.461 e. The topological polar surface area (TPSA) is 35.5 Å². The summed E-state index contributed by atoms with van der Waals surface area (Å²) in [6.07, 6.45) is 7.44. The first-order valence-corrected chi connectivity index (χ1v) is 12.6. The maximum absolute atomic E-state index is 11.6. The Balaban J connectivity index is 1.56. The van der Waals surface area contributed by atoms with Crippen LogP contribution in [0.4, 0.5) is 0 Å². The molecule has 0 heterocycles. The lowest BCUT2D eigenvalue weighted by Crippen LogP contribution is -2.60. The van der Waals surface area contributed by atoms with Crippen molar-refractivity contribution < 1.29 is 14.3 Å². The monoisotopic (exact) mass is 438 g/mol. The molecule has 0 spiro atoms. The minimum absolute atomic E-state index is 0.136. The van der Waals surface area contributed by atoms with Gasteiger partial charge in [0, 0.05) is 6.92 Å². The third-order valence-electron chi connectivity index (χ3n) is 9.71. The molecule has 2 fully saturated rings. The first-order chi connectivity index (χ1) is 15.1. The average Bonchev–Trinajstić information content (AvgIpc) is 2.72. The summed E-state index contributed by atoms with van der Waals surface area (Å²) in [7, 11) is 0. The standard InChI is InChI=1S/C29H42O3/c1-20-12-13-25-28(5,23(20)19-31-21(2)30)16-14-24-27(3,4)26(15-17-29(24,25)6)32-18-22-10-8-7-9-11-22/h7-11,24-26H,12-19H2,1-6H3/t24-,25-,26-,28-,29-/m0/s1. The molecule has 0 aromatic heterocycles. The molecule has 5 atom stereocenters. The summed E-state index contributed by atoms with van der Waals surface area (Å²) >= 11 is 0. The van der Waals surface area contributed by atoms with Crippen molar-refractivity contribution in [2.45, 2.75) is 92.8 Å². The van der Waals surface area contributed by atoms with E-state index in [2.05, 4.69) is 65.0 Å². The Morgan fingerprint density at radius 1 is 0.969 bits per heavy atom. The number of carbonyl (C=O) groups excluding carboxylic acids is 1. The van der Waals surface area contributed by atoms with Gasteiger partial charge in [0.2, 0.25) is 0 Å². The Bertz CT molecular complexity index is 870. The van der Waals surface area contributed by atoms with Crippen molar-refractivity contribution in [3.05, 3.63) is 47.0 Å². The van der Waals surface area contributed by atoms with E-state index in [-0.39, 0.29) is 16.8 Å². The normalized spacial score (nSPS) is 36.2. The minimum Gasteiger partial charge on any atom is -0.461 e. The number of ether oxygens (including phenoxy) is 2. The second-order valence-electron chi connectivity index (χ2n) is 11.8. The molecule has 0 radical (unpaired) electrons. The van der Waals surface area contributed by atoms with E-state index < -0.39 is 0 Å². The van der Waals surface area contributed by atoms with E-state index in [0.29, 0.717) is 36.6 Å². The summed E-state index contributed by atoms with van der Waals surface area (Å²) in [5.74, 6) is 1.11. The summed E-state index contributed by atoms with van der Waals surface area (Å²) < 4.78 is 12.1. The summed E-state index contributed by atoms with van der Waals surface area (Å²) in [5.41, 5.74) is 4.70. The van der Waals surface area contributed by atoms with E-state index >= 15 is 0 Å². The molecule has 1 aromatic rings. The maximum atomic E-state index is 11.6. The lowest BCUT2D eigenvalue weighted by atomic mass is 9.40. The van der Waals surface area contributed by atoms with Crippen LogP contribution >= 0.6 is 0 Å². The van der Waals surface area contributed by atoms with Crippen molar-refractivity contribution in [2.24, 2.45) is 28.1 Å². The first kappa shape index (κ1) is 23.5. The third-order valence-corrected chi connectivity index (χ3v) is 9.71. The summed E-state index contributed by atoms with van der Waals surface area (Å²) in [6, 6.07) is 10.6. The number of esters is 1. The Morgan fingerprint density at radius 3 is 2.38 bits per heavy atom. The Hall–Kier alpha value is -1.61. The zero-order valence-electron chi connectivity index (χ0n) is 21.0. The molecule has 4 rings (SSSR count). The van der Waals surface area contributed by atoms with E-state index in [1.54, 1.807) is 0 Å². The number of hydrogen-bond acceptors (Lipinski definition) is 3. The predicted molar refractivity (Wildman–Crippen MR) is 129 cm³/mol. The van der Waals surface area contributed by atoms with Crippen LogP contribution in [0.25, 0.3) is 0 Å². The van der Waals surface area contributed by atoms with Crippen molar-refractivity contribution in [1.29, 1.82) is 0 Å². The van der Waals surface area contributed by atoms with Crippen molar-refractivity contribution in [3.63, 3.8) is 0 Å². The lowest BCUT2D eigenvalue weighted by molar-refractivity contribution is -0.185. The number of hydrogen-bond donors (Lipinski definition) is 0. The maximum Gasteiger partial charge on any atom is 0.302 e. The summed E-state index contributed by atoms with van der Waals surface area (Å²) in [4.78, 5) is 11.6. The molecule has 3 nitrogen and oxygen atoms in total. The smallest absolute Gasteiger partial charge is 0.302 e. The molecule has 0 aliphatic heterocycles. The van der Waals surface area contributed by atoms with Crippen LogP contribution in [0, 0.1) is 28.1 Å². The second kappa shape index (κ2) is 8.63. The van der Waals surface area contributed by atoms with Crippen LogP contribution in [0.3, 0.4) is 0 Å². The van der Waals surface area contributed by atoms with Crippen molar-refractivity contribution in [3.8, 4) is 0 Å². The number of fused-ring (bicyclic) bond motifs is 3. The van der Waals surface area contributed by atoms with E-state index in [1.165, 1.54) is 49.3 Å². The molecule has 3 aliphatic rings. The van der Waals surface area contributed by atoms with Crippen LogP contribution in [0.15, 0.2) is 41.5 Å². The van der Waals surface area contributed by atoms with Gasteiger partial charge >= 0.3 is 5.97 Å². The zero-order valence-corrected chi connectivity index (χ0v) is 21.0. The highest BCUT2D eigenvalue weighted by molar-refractivity contribution is 5.66. The van der Waals surface area contributed by atoms with Gasteiger partial charge in [0.05, 0.1) is 12.7 Å². The van der Waals surface area contributed by atoms with Crippen molar-refractivity contribution in [2.75, 3.05) is 6.61 Å². The molecule has 0 amide bonds. The Morgan fingerprint density at radius 2 is 1.69 bits per heavy atom. The fourth-order valence-corrected chi connectivity index (χ4v) is 8.07. The molecule has 32 heavy (non-hydrogen) atoms. The molecule has 0 unspecified atom stereocenters. The average molecular weight is 439 g/mol. The van der Waals surface area contributed by atoms with Gasteiger partial charge in [-0.3, -0.25) is 4.79 Å². The van der Waals surface area contributed by atoms with Crippen molar-refractivity contribution >= 4 is 5.97 Å². The van der Waals surface area contributed by atoms with Gasteiger partial charge in [-0.2, -0.15) is 0 Å². The lowest BCUT2D eigenvalue weighted by Gasteiger charge is -2.65. The molecule has 3 aliphatic carbocycles. The van der Waals surface area contributed by atoms with Crippen molar-refractivity contribution in [1.82, 2.24) is 0 Å². The highest BCUT2D eigenvalue weighted by atomic mass is 16.5. The van der Waals surface area contributed by atoms with Crippen LogP contribution in [0.2, 0.25) is 0 Å². The zero-order chi connectivity index (χ0) is 23.1. The van der Waals surface area contributed by atoms with E-state index in [1.807, 2.05) is 0 Å². The Kier molecular flexibility index (Phi) is 6.35. The SMILES string of the molecule is CC(=O)OCC1=C(C)CC[C@@H]2[C@@]3(C)CC[C@H](OCc4ccccc4)C(C)(C)[C@@H]3CC[C@@]12C. The molecular formula is C29H42O3. The highest BCUT2D eigenvalue weighted by Crippen LogP contribution is 2.68. The molecule has 3 heteroatoms. The fraction of sp³-hybridized carbons (Fsp3) is 0.690. The van der Waals surface area contributed by atoms with Crippen LogP contribution in [0.5, 0.6) is 0 Å². The van der Waals surface area contributed by atoms with E-state index in [0.717, 1.165) is 12.8 Å². The number of allylic oxidation sites excluding steroid dienone is 1. The van der Waals surface area contributed by atoms with Crippen LogP contribution in [-0.2, 0) is 20.9 Å². The second-order valence-corrected chi connectivity index (χ2v) is 11.8. The van der Waals surface area contributed by atoms with Gasteiger partial charge in [-0.1, -0.05) is 63.6 Å². The van der Waals surface area contributed by atoms with Gasteiger partial charge in [-0.25, -0.2) is 0 Å². The number of carbonyl (C=O) groups is 1. The number of rotatable bonds is 5. The molecule has 0 bridgehead atoms. The fourth-order valence-electron chi connectivity index (χ4n) is 8.07. The molecule has 0 saturated heterocycles. The quantitative estimate of drug-likeness (QED) is 0.363. The summed E-state index contributed by atoms with van der Waals surface area (Å²) in [6.45, 7) is 14.9. The number of benzene rings is 1. The molecule has 1 aromatic carbocycles. The van der Waals surface area contributed by atoms with Gasteiger partial charge in [0.25, 0.3) is 0 Å². The molecular weight excluding hydrogens is 396 g/mol. The van der Waals surface area contributed by atoms with Gasteiger partial charge < -0.3 is 9.47 Å². The molecule has 176 valence electrons. The van der Waals surface area contributed by atoms with Gasteiger partial charge in [-0.15, -0.1) is 0 Å². The third kappa shape index (κ3) is 3.95. The van der Waals surface area contributed by atoms with Crippen LogP contribution < -0.4 is 0 Å². The van der Waals surface area contributed by atoms with E-state index in [9.17, 15) is 4.79 Å². The highest BCUT2D eigenvalue weighted by Gasteiger charge is 2.62. The summed E-state index contributed by atoms with van der Waals surface area (Å²) in [5, 5.41) is 0. The predicted octanol–water partition coefficient (Wildman–Crippen LogP) is 7.10. The van der Waals surface area contributed by atoms with Gasteiger partial charge in [0.1, 0.15) is 6.61 Å². The minimum atomic E-state index is -0.173.